The minimum absolute atomic E-state index is 0.511. The van der Waals surface area contributed by atoms with Crippen molar-refractivity contribution in [3.05, 3.63) is 28.8 Å². The summed E-state index contributed by atoms with van der Waals surface area (Å²) < 4.78 is 5.40. The van der Waals surface area contributed by atoms with Crippen molar-refractivity contribution in [2.75, 3.05) is 6.61 Å². The van der Waals surface area contributed by atoms with Crippen molar-refractivity contribution in [3.8, 4) is 5.75 Å². The molecule has 0 N–H and O–H groups in total. The molecule has 1 rings (SSSR count). The summed E-state index contributed by atoms with van der Waals surface area (Å²) in [4.78, 5) is 0. The molecule has 0 aliphatic carbocycles. The van der Waals surface area contributed by atoms with E-state index in [4.69, 9.17) is 16.3 Å². The van der Waals surface area contributed by atoms with Gasteiger partial charge in [-0.05, 0) is 30.5 Å². The fourth-order valence-electron chi connectivity index (χ4n) is 1.15. The molecule has 0 bridgehead atoms. The predicted octanol–water partition coefficient (Wildman–Crippen LogP) is 3.86. The minimum atomic E-state index is 0.511. The summed E-state index contributed by atoms with van der Waals surface area (Å²) in [5, 5.41) is 0.686. The Kier molecular flexibility index (Phi) is 3.61. The van der Waals surface area contributed by atoms with Crippen LogP contribution in [-0.4, -0.2) is 6.61 Å². The first-order chi connectivity index (χ1) is 6.15. The first kappa shape index (κ1) is 10.4. The van der Waals surface area contributed by atoms with Crippen LogP contribution >= 0.6 is 11.6 Å². The van der Waals surface area contributed by atoms with Crippen LogP contribution in [0.2, 0.25) is 5.02 Å². The molecule has 13 heavy (non-hydrogen) atoms. The van der Waals surface area contributed by atoms with Crippen molar-refractivity contribution in [1.29, 1.82) is 0 Å². The van der Waals surface area contributed by atoms with Crippen molar-refractivity contribution in [2.45, 2.75) is 26.7 Å². The fraction of sp³-hybridized carbons (Fsp3) is 0.455. The molecule has 0 fully saturated rings. The Balaban J connectivity index is 2.97. The molecule has 0 amide bonds. The number of hydrogen-bond donors (Lipinski definition) is 0. The molecule has 72 valence electrons. The molecule has 1 aromatic carbocycles. The Labute approximate surface area is 84.7 Å². The lowest BCUT2D eigenvalue weighted by Gasteiger charge is -2.10. The summed E-state index contributed by atoms with van der Waals surface area (Å²) in [6.07, 6.45) is 0. The molecule has 0 saturated carbocycles. The van der Waals surface area contributed by atoms with E-state index in [1.54, 1.807) is 0 Å². The molecule has 1 aromatic rings. The Hall–Kier alpha value is -0.690. The smallest absolute Gasteiger partial charge is 0.138 e. The normalized spacial score (nSPS) is 10.5. The van der Waals surface area contributed by atoms with Gasteiger partial charge in [-0.3, -0.25) is 0 Å². The first-order valence-corrected chi connectivity index (χ1v) is 4.95. The van der Waals surface area contributed by atoms with E-state index in [1.165, 1.54) is 5.56 Å². The zero-order chi connectivity index (χ0) is 9.84. The van der Waals surface area contributed by atoms with Crippen LogP contribution in [0.4, 0.5) is 0 Å². The molecular formula is C11H15ClO. The molecule has 0 saturated heterocycles. The van der Waals surface area contributed by atoms with Crippen LogP contribution < -0.4 is 4.74 Å². The lowest BCUT2D eigenvalue weighted by Crippen LogP contribution is -1.94. The highest BCUT2D eigenvalue weighted by Crippen LogP contribution is 2.28. The fourth-order valence-corrected chi connectivity index (χ4v) is 1.32. The van der Waals surface area contributed by atoms with Gasteiger partial charge in [0.05, 0.1) is 11.6 Å². The lowest BCUT2D eigenvalue weighted by atomic mass is 10.0. The molecule has 0 spiro atoms. The van der Waals surface area contributed by atoms with Gasteiger partial charge in [-0.1, -0.05) is 31.5 Å². The summed E-state index contributed by atoms with van der Waals surface area (Å²) in [7, 11) is 0. The van der Waals surface area contributed by atoms with Crippen LogP contribution in [0.5, 0.6) is 5.75 Å². The monoisotopic (exact) mass is 198 g/mol. The highest BCUT2D eigenvalue weighted by Gasteiger charge is 2.04. The number of benzene rings is 1. The third-order valence-electron chi connectivity index (χ3n) is 1.92. The molecule has 0 atom stereocenters. The second-order valence-electron chi connectivity index (χ2n) is 3.28. The van der Waals surface area contributed by atoms with E-state index in [1.807, 2.05) is 25.1 Å². The van der Waals surface area contributed by atoms with Crippen molar-refractivity contribution >= 4 is 11.6 Å². The Bertz CT molecular complexity index is 281. The van der Waals surface area contributed by atoms with Crippen LogP contribution in [0.3, 0.4) is 0 Å². The average molecular weight is 199 g/mol. The maximum absolute atomic E-state index is 5.95. The molecule has 0 heterocycles. The van der Waals surface area contributed by atoms with Gasteiger partial charge < -0.3 is 4.74 Å². The van der Waals surface area contributed by atoms with E-state index in [2.05, 4.69) is 13.8 Å². The van der Waals surface area contributed by atoms with Gasteiger partial charge in [0.1, 0.15) is 5.75 Å². The van der Waals surface area contributed by atoms with Crippen LogP contribution in [0.1, 0.15) is 32.3 Å². The van der Waals surface area contributed by atoms with Crippen LogP contribution in [0.15, 0.2) is 18.2 Å². The summed E-state index contributed by atoms with van der Waals surface area (Å²) in [6.45, 7) is 6.91. The quantitative estimate of drug-likeness (QED) is 0.717. The molecule has 0 aliphatic heterocycles. The molecule has 0 radical (unpaired) electrons. The molecule has 0 aliphatic rings. The zero-order valence-electron chi connectivity index (χ0n) is 8.30. The van der Waals surface area contributed by atoms with Crippen molar-refractivity contribution in [3.63, 3.8) is 0 Å². The Morgan fingerprint density at radius 3 is 2.62 bits per heavy atom. The van der Waals surface area contributed by atoms with E-state index < -0.39 is 0 Å². The number of ether oxygens (including phenoxy) is 1. The molecular weight excluding hydrogens is 184 g/mol. The van der Waals surface area contributed by atoms with Crippen LogP contribution in [0, 0.1) is 0 Å². The van der Waals surface area contributed by atoms with E-state index in [-0.39, 0.29) is 0 Å². The van der Waals surface area contributed by atoms with Gasteiger partial charge >= 0.3 is 0 Å². The van der Waals surface area contributed by atoms with Gasteiger partial charge in [0, 0.05) is 0 Å². The largest absolute Gasteiger partial charge is 0.492 e. The topological polar surface area (TPSA) is 9.23 Å². The van der Waals surface area contributed by atoms with E-state index in [0.29, 0.717) is 17.5 Å². The number of rotatable bonds is 3. The van der Waals surface area contributed by atoms with Gasteiger partial charge in [0.15, 0.2) is 0 Å². The third-order valence-corrected chi connectivity index (χ3v) is 2.23. The number of hydrogen-bond acceptors (Lipinski definition) is 1. The van der Waals surface area contributed by atoms with Gasteiger partial charge in [-0.2, -0.15) is 0 Å². The van der Waals surface area contributed by atoms with Crippen molar-refractivity contribution in [2.24, 2.45) is 0 Å². The molecule has 0 unspecified atom stereocenters. The standard InChI is InChI=1S/C11H15ClO/c1-4-13-11-7-9(8(2)3)5-6-10(11)12/h5-8H,4H2,1-3H3. The van der Waals surface area contributed by atoms with Crippen molar-refractivity contribution in [1.82, 2.24) is 0 Å². The maximum atomic E-state index is 5.95. The lowest BCUT2D eigenvalue weighted by molar-refractivity contribution is 0.340. The Morgan fingerprint density at radius 2 is 2.08 bits per heavy atom. The van der Waals surface area contributed by atoms with Crippen molar-refractivity contribution < 1.29 is 4.74 Å². The predicted molar refractivity (Wildman–Crippen MR) is 56.7 cm³/mol. The second-order valence-corrected chi connectivity index (χ2v) is 3.68. The van der Waals surface area contributed by atoms with Gasteiger partial charge in [-0.15, -0.1) is 0 Å². The third kappa shape index (κ3) is 2.63. The van der Waals surface area contributed by atoms with Crippen LogP contribution in [-0.2, 0) is 0 Å². The first-order valence-electron chi connectivity index (χ1n) is 4.57. The van der Waals surface area contributed by atoms with Gasteiger partial charge in [0.25, 0.3) is 0 Å². The minimum Gasteiger partial charge on any atom is -0.492 e. The number of halogens is 1. The molecule has 0 aromatic heterocycles. The van der Waals surface area contributed by atoms with Gasteiger partial charge in [-0.25, -0.2) is 0 Å². The maximum Gasteiger partial charge on any atom is 0.138 e. The summed E-state index contributed by atoms with van der Waals surface area (Å²) in [5.41, 5.74) is 1.26. The Morgan fingerprint density at radius 1 is 1.38 bits per heavy atom. The highest BCUT2D eigenvalue weighted by atomic mass is 35.5. The second kappa shape index (κ2) is 4.52. The SMILES string of the molecule is CCOc1cc(C(C)C)ccc1Cl. The van der Waals surface area contributed by atoms with E-state index in [0.717, 1.165) is 5.75 Å². The highest BCUT2D eigenvalue weighted by molar-refractivity contribution is 6.32. The average Bonchev–Trinajstić information content (AvgIpc) is 2.08. The van der Waals surface area contributed by atoms with Gasteiger partial charge in [0.2, 0.25) is 0 Å². The summed E-state index contributed by atoms with van der Waals surface area (Å²) >= 11 is 5.95. The van der Waals surface area contributed by atoms with E-state index >= 15 is 0 Å². The van der Waals surface area contributed by atoms with Crippen LogP contribution in [0.25, 0.3) is 0 Å². The molecule has 1 nitrogen and oxygen atoms in total. The summed E-state index contributed by atoms with van der Waals surface area (Å²) in [6, 6.07) is 5.94. The zero-order valence-corrected chi connectivity index (χ0v) is 9.06. The molecule has 2 heteroatoms. The summed E-state index contributed by atoms with van der Waals surface area (Å²) in [5.74, 6) is 1.30. The van der Waals surface area contributed by atoms with E-state index in [9.17, 15) is 0 Å².